The van der Waals surface area contributed by atoms with Crippen molar-refractivity contribution < 1.29 is 5.11 Å². The summed E-state index contributed by atoms with van der Waals surface area (Å²) >= 11 is 0. The van der Waals surface area contributed by atoms with Crippen molar-refractivity contribution in [1.29, 1.82) is 0 Å². The lowest BCUT2D eigenvalue weighted by molar-refractivity contribution is 0.0957. The number of benzene rings is 1. The SMILES string of the molecule is CCCNC(CO)(CN(C)C(CC)CC)c1ccccc1. The molecule has 3 heteroatoms. The van der Waals surface area contributed by atoms with E-state index in [2.05, 4.69) is 50.2 Å². The van der Waals surface area contributed by atoms with E-state index in [0.717, 1.165) is 32.4 Å². The Hall–Kier alpha value is -0.900. The van der Waals surface area contributed by atoms with Crippen molar-refractivity contribution in [3.8, 4) is 0 Å². The third-order valence-electron chi connectivity index (χ3n) is 4.39. The fraction of sp³-hybridized carbons (Fsp3) is 0.667. The molecule has 0 aromatic heterocycles. The van der Waals surface area contributed by atoms with Gasteiger partial charge in [0.15, 0.2) is 0 Å². The van der Waals surface area contributed by atoms with Gasteiger partial charge in [0.2, 0.25) is 0 Å². The molecule has 1 rings (SSSR count). The minimum absolute atomic E-state index is 0.113. The maximum Gasteiger partial charge on any atom is 0.0797 e. The zero-order valence-electron chi connectivity index (χ0n) is 14.1. The molecule has 0 aliphatic heterocycles. The van der Waals surface area contributed by atoms with Crippen LogP contribution in [0.1, 0.15) is 45.6 Å². The van der Waals surface area contributed by atoms with Crippen molar-refractivity contribution in [3.63, 3.8) is 0 Å². The van der Waals surface area contributed by atoms with Gasteiger partial charge in [0.25, 0.3) is 0 Å². The first-order valence-corrected chi connectivity index (χ1v) is 8.25. The molecule has 120 valence electrons. The van der Waals surface area contributed by atoms with Gasteiger partial charge in [0.05, 0.1) is 12.1 Å². The molecule has 0 spiro atoms. The highest BCUT2D eigenvalue weighted by atomic mass is 16.3. The molecule has 0 aliphatic rings. The molecule has 2 N–H and O–H groups in total. The summed E-state index contributed by atoms with van der Waals surface area (Å²) in [5, 5.41) is 13.7. The quantitative estimate of drug-likeness (QED) is 0.696. The molecule has 0 saturated carbocycles. The van der Waals surface area contributed by atoms with E-state index in [4.69, 9.17) is 0 Å². The average Bonchev–Trinajstić information content (AvgIpc) is 2.53. The highest BCUT2D eigenvalue weighted by Crippen LogP contribution is 2.23. The zero-order chi connectivity index (χ0) is 15.7. The lowest BCUT2D eigenvalue weighted by atomic mass is 9.89. The molecule has 0 amide bonds. The Balaban J connectivity index is 3.00. The summed E-state index contributed by atoms with van der Waals surface area (Å²) in [6.07, 6.45) is 3.33. The fourth-order valence-corrected chi connectivity index (χ4v) is 3.03. The Morgan fingerprint density at radius 1 is 1.14 bits per heavy atom. The van der Waals surface area contributed by atoms with Gasteiger partial charge in [0.1, 0.15) is 0 Å². The summed E-state index contributed by atoms with van der Waals surface area (Å²) in [5.74, 6) is 0. The first kappa shape index (κ1) is 18.1. The number of nitrogens with one attached hydrogen (secondary N) is 1. The van der Waals surface area contributed by atoms with E-state index in [0.29, 0.717) is 6.04 Å². The molecule has 0 saturated heterocycles. The molecule has 0 radical (unpaired) electrons. The number of hydrogen-bond acceptors (Lipinski definition) is 3. The van der Waals surface area contributed by atoms with Gasteiger partial charge in [0, 0.05) is 12.6 Å². The second-order valence-corrected chi connectivity index (χ2v) is 5.92. The van der Waals surface area contributed by atoms with Crippen LogP contribution < -0.4 is 5.32 Å². The van der Waals surface area contributed by atoms with E-state index in [9.17, 15) is 5.11 Å². The lowest BCUT2D eigenvalue weighted by Crippen LogP contribution is -2.54. The summed E-state index contributed by atoms with van der Waals surface area (Å²) in [4.78, 5) is 2.38. The minimum atomic E-state index is -0.380. The molecule has 1 unspecified atom stereocenters. The van der Waals surface area contributed by atoms with E-state index in [1.165, 1.54) is 5.56 Å². The molecular weight excluding hydrogens is 260 g/mol. The van der Waals surface area contributed by atoms with E-state index in [-0.39, 0.29) is 12.1 Å². The van der Waals surface area contributed by atoms with Crippen molar-refractivity contribution in [2.24, 2.45) is 0 Å². The van der Waals surface area contributed by atoms with Crippen LogP contribution in [0, 0.1) is 0 Å². The Morgan fingerprint density at radius 3 is 2.24 bits per heavy atom. The van der Waals surface area contributed by atoms with Crippen LogP contribution in [-0.4, -0.2) is 42.8 Å². The smallest absolute Gasteiger partial charge is 0.0797 e. The highest BCUT2D eigenvalue weighted by molar-refractivity contribution is 5.25. The molecule has 1 atom stereocenters. The molecule has 3 nitrogen and oxygen atoms in total. The van der Waals surface area contributed by atoms with Gasteiger partial charge in [-0.2, -0.15) is 0 Å². The number of rotatable bonds is 10. The molecule has 1 aromatic rings. The second kappa shape index (κ2) is 9.19. The summed E-state index contributed by atoms with van der Waals surface area (Å²) < 4.78 is 0. The first-order chi connectivity index (χ1) is 10.1. The standard InChI is InChI=1S/C18H32N2O/c1-5-13-19-18(15-21,16-11-9-8-10-12-16)14-20(4)17(6-2)7-3/h8-12,17,19,21H,5-7,13-15H2,1-4H3. The van der Waals surface area contributed by atoms with Crippen LogP contribution in [-0.2, 0) is 5.54 Å². The Kier molecular flexibility index (Phi) is 7.94. The van der Waals surface area contributed by atoms with E-state index < -0.39 is 0 Å². The van der Waals surface area contributed by atoms with Crippen LogP contribution in [0.25, 0.3) is 0 Å². The predicted molar refractivity (Wildman–Crippen MR) is 90.5 cm³/mol. The molecule has 0 fully saturated rings. The van der Waals surface area contributed by atoms with E-state index in [1.54, 1.807) is 0 Å². The molecule has 1 aromatic carbocycles. The monoisotopic (exact) mass is 292 g/mol. The molecule has 0 aliphatic carbocycles. The maximum absolute atomic E-state index is 10.1. The topological polar surface area (TPSA) is 35.5 Å². The molecule has 0 heterocycles. The number of aliphatic hydroxyl groups is 1. The van der Waals surface area contributed by atoms with Crippen molar-refractivity contribution in [3.05, 3.63) is 35.9 Å². The second-order valence-electron chi connectivity index (χ2n) is 5.92. The van der Waals surface area contributed by atoms with Crippen LogP contribution in [0.2, 0.25) is 0 Å². The molecule has 21 heavy (non-hydrogen) atoms. The first-order valence-electron chi connectivity index (χ1n) is 8.25. The highest BCUT2D eigenvalue weighted by Gasteiger charge is 2.33. The van der Waals surface area contributed by atoms with E-state index in [1.807, 2.05) is 18.2 Å². The van der Waals surface area contributed by atoms with Crippen LogP contribution >= 0.6 is 0 Å². The van der Waals surface area contributed by atoms with Crippen LogP contribution in [0.15, 0.2) is 30.3 Å². The largest absolute Gasteiger partial charge is 0.394 e. The molecule has 0 bridgehead atoms. The lowest BCUT2D eigenvalue weighted by Gasteiger charge is -2.40. The third-order valence-corrected chi connectivity index (χ3v) is 4.39. The van der Waals surface area contributed by atoms with Gasteiger partial charge in [-0.15, -0.1) is 0 Å². The summed E-state index contributed by atoms with van der Waals surface area (Å²) in [6.45, 7) is 8.46. The number of nitrogens with zero attached hydrogens (tertiary/aromatic N) is 1. The number of likely N-dealkylation sites (N-methyl/N-ethyl adjacent to an activating group) is 1. The van der Waals surface area contributed by atoms with Gasteiger partial charge in [-0.05, 0) is 38.4 Å². The van der Waals surface area contributed by atoms with Crippen molar-refractivity contribution in [1.82, 2.24) is 10.2 Å². The van der Waals surface area contributed by atoms with Gasteiger partial charge in [-0.3, -0.25) is 0 Å². The maximum atomic E-state index is 10.1. The van der Waals surface area contributed by atoms with Crippen molar-refractivity contribution in [2.45, 2.75) is 51.6 Å². The Bertz CT molecular complexity index is 378. The summed E-state index contributed by atoms with van der Waals surface area (Å²) in [6, 6.07) is 10.9. The van der Waals surface area contributed by atoms with Crippen molar-refractivity contribution in [2.75, 3.05) is 26.7 Å². The zero-order valence-corrected chi connectivity index (χ0v) is 14.1. The summed E-state index contributed by atoms with van der Waals surface area (Å²) in [7, 11) is 2.17. The van der Waals surface area contributed by atoms with Gasteiger partial charge >= 0.3 is 0 Å². The van der Waals surface area contributed by atoms with Gasteiger partial charge < -0.3 is 15.3 Å². The molecular formula is C18H32N2O. The Labute approximate surface area is 130 Å². The van der Waals surface area contributed by atoms with Crippen LogP contribution in [0.5, 0.6) is 0 Å². The minimum Gasteiger partial charge on any atom is -0.394 e. The number of aliphatic hydroxyl groups excluding tert-OH is 1. The Morgan fingerprint density at radius 2 is 1.76 bits per heavy atom. The van der Waals surface area contributed by atoms with Crippen LogP contribution in [0.3, 0.4) is 0 Å². The average molecular weight is 292 g/mol. The third kappa shape index (κ3) is 4.80. The van der Waals surface area contributed by atoms with E-state index >= 15 is 0 Å². The predicted octanol–water partition coefficient (Wildman–Crippen LogP) is 2.99. The normalized spacial score (nSPS) is 14.6. The fourth-order valence-electron chi connectivity index (χ4n) is 3.03. The van der Waals surface area contributed by atoms with Gasteiger partial charge in [-0.1, -0.05) is 51.1 Å². The number of hydrogen-bond donors (Lipinski definition) is 2. The van der Waals surface area contributed by atoms with Crippen molar-refractivity contribution >= 4 is 0 Å². The van der Waals surface area contributed by atoms with Gasteiger partial charge in [-0.25, -0.2) is 0 Å². The summed E-state index contributed by atoms with van der Waals surface area (Å²) in [5.41, 5.74) is 0.785. The van der Waals surface area contributed by atoms with Crippen LogP contribution in [0.4, 0.5) is 0 Å².